The number of rotatable bonds is 14. The number of aromatic nitrogens is 2. The van der Waals surface area contributed by atoms with Crippen molar-refractivity contribution >= 4 is 34.5 Å². The maximum absolute atomic E-state index is 13.6. The second kappa shape index (κ2) is 16.5. The minimum absolute atomic E-state index is 0.0795. The van der Waals surface area contributed by atoms with Gasteiger partial charge in [0.2, 0.25) is 11.8 Å². The number of aliphatic carboxylic acids is 2. The van der Waals surface area contributed by atoms with Gasteiger partial charge in [0.15, 0.2) is 5.69 Å². The summed E-state index contributed by atoms with van der Waals surface area (Å²) in [6.45, 7) is 3.30. The van der Waals surface area contributed by atoms with Crippen LogP contribution in [0.3, 0.4) is 0 Å². The molecule has 0 radical (unpaired) electrons. The van der Waals surface area contributed by atoms with Crippen molar-refractivity contribution in [2.24, 2.45) is 5.41 Å². The number of nitrogens with one attached hydrogen (secondary N) is 5. The van der Waals surface area contributed by atoms with E-state index in [2.05, 4.69) is 44.9 Å². The van der Waals surface area contributed by atoms with Crippen molar-refractivity contribution < 1.29 is 54.2 Å². The Morgan fingerprint density at radius 3 is 2.19 bits per heavy atom. The number of aromatic amines is 2. The Hall–Kier alpha value is -4.53. The number of aliphatic hydroxyl groups is 2. The van der Waals surface area contributed by atoms with Gasteiger partial charge in [0.25, 0.3) is 5.82 Å². The fourth-order valence-corrected chi connectivity index (χ4v) is 6.36. The van der Waals surface area contributed by atoms with E-state index < -0.39 is 24.1 Å². The molecule has 0 spiro atoms. The van der Waals surface area contributed by atoms with E-state index in [0.29, 0.717) is 6.42 Å². The van der Waals surface area contributed by atoms with Crippen molar-refractivity contribution in [1.29, 1.82) is 0 Å². The van der Waals surface area contributed by atoms with E-state index in [0.717, 1.165) is 98.2 Å². The van der Waals surface area contributed by atoms with Gasteiger partial charge in [-0.1, -0.05) is 25.0 Å². The Morgan fingerprint density at radius 1 is 0.958 bits per heavy atom. The number of ether oxygens (including phenoxy) is 1. The van der Waals surface area contributed by atoms with Crippen LogP contribution in [-0.4, -0.2) is 84.9 Å². The number of carbonyl (C=O) groups excluding carboxylic acids is 4. The Labute approximate surface area is 278 Å². The van der Waals surface area contributed by atoms with Crippen LogP contribution in [0.2, 0.25) is 0 Å². The number of amides is 2. The molecule has 3 fully saturated rings. The van der Waals surface area contributed by atoms with E-state index in [-0.39, 0.29) is 23.3 Å². The number of hydrogen-bond donors (Lipinski definition) is 6. The van der Waals surface area contributed by atoms with Crippen LogP contribution in [0.15, 0.2) is 42.6 Å². The molecule has 48 heavy (non-hydrogen) atoms. The van der Waals surface area contributed by atoms with Crippen molar-refractivity contribution in [3.8, 4) is 17.0 Å². The number of carbonyl (C=O) groups is 4. The largest absolute Gasteiger partial charge is 0.547 e. The highest BCUT2D eigenvalue weighted by atomic mass is 16.5. The Bertz CT molecular complexity index is 1550. The molecule has 0 saturated carbocycles. The number of hydrogen-bond acceptors (Lipinski definition) is 9. The molecular weight excluding hydrogens is 622 g/mol. The summed E-state index contributed by atoms with van der Waals surface area (Å²) in [5.74, 6) is -2.07. The zero-order valence-corrected chi connectivity index (χ0v) is 27.3. The first-order valence-electron chi connectivity index (χ1n) is 16.3. The fraction of sp³-hybridized carbons (Fsp3) is 0.500. The molecule has 0 unspecified atom stereocenters. The molecule has 3 aliphatic rings. The number of carboxylic acids is 2. The lowest BCUT2D eigenvalue weighted by Gasteiger charge is -2.44. The third-order valence-electron chi connectivity index (χ3n) is 9.46. The second-order valence-electron chi connectivity index (χ2n) is 12.5. The molecule has 2 amide bonds. The van der Waals surface area contributed by atoms with E-state index in [1.165, 1.54) is 0 Å². The first kappa shape index (κ1) is 36.3. The lowest BCUT2D eigenvalue weighted by Crippen LogP contribution is -3.15. The molecule has 14 nitrogen and oxygen atoms in total. The van der Waals surface area contributed by atoms with Crippen molar-refractivity contribution in [1.82, 2.24) is 15.6 Å². The molecule has 0 aliphatic carbocycles. The highest BCUT2D eigenvalue weighted by Gasteiger charge is 2.48. The number of fused-ring (bicyclic) bond motifs is 4. The van der Waals surface area contributed by atoms with E-state index in [1.807, 2.05) is 18.3 Å². The third-order valence-corrected chi connectivity index (χ3v) is 9.46. The van der Waals surface area contributed by atoms with Gasteiger partial charge in [-0.05, 0) is 47.9 Å². The molecule has 7 N–H and O–H groups in total. The van der Waals surface area contributed by atoms with Crippen LogP contribution in [0.25, 0.3) is 22.0 Å². The highest BCUT2D eigenvalue weighted by Crippen LogP contribution is 2.35. The topological polar surface area (TPSA) is 223 Å². The van der Waals surface area contributed by atoms with Crippen molar-refractivity contribution in [2.75, 3.05) is 33.8 Å². The summed E-state index contributed by atoms with van der Waals surface area (Å²) < 4.78 is 5.36. The molecule has 3 aliphatic heterocycles. The molecular formula is C34H45N5O9. The molecule has 4 heterocycles. The SMILES string of the molecule is CNC(=O)CCCCC[C@H](NC(=O)C12CC[NH+](CC1)CC2)c1[nH]c(-c2ccc3cc(OC)ccc3c2)c[nH+]1.O=C([O-])[C@H](O)[C@@H](O)C(=O)[O-]. The van der Waals surface area contributed by atoms with Gasteiger partial charge in [-0.15, -0.1) is 0 Å². The number of piperidine rings is 3. The number of methoxy groups -OCH3 is 1. The summed E-state index contributed by atoms with van der Waals surface area (Å²) >= 11 is 0. The molecule has 260 valence electrons. The maximum atomic E-state index is 13.6. The summed E-state index contributed by atoms with van der Waals surface area (Å²) in [6.07, 6.45) is 4.16. The van der Waals surface area contributed by atoms with Gasteiger partial charge in [-0.25, -0.2) is 9.97 Å². The quantitative estimate of drug-likeness (QED) is 0.102. The lowest BCUT2D eigenvalue weighted by molar-refractivity contribution is -0.918. The predicted molar refractivity (Wildman–Crippen MR) is 169 cm³/mol. The summed E-state index contributed by atoms with van der Waals surface area (Å²) in [7, 11) is 3.36. The monoisotopic (exact) mass is 667 g/mol. The summed E-state index contributed by atoms with van der Waals surface area (Å²) in [5, 5.41) is 44.1. The number of quaternary nitrogens is 1. The van der Waals surface area contributed by atoms with Gasteiger partial charge < -0.3 is 50.3 Å². The maximum Gasteiger partial charge on any atom is 0.275 e. The van der Waals surface area contributed by atoms with Crippen LogP contribution in [0.4, 0.5) is 0 Å². The molecule has 3 aromatic rings. The highest BCUT2D eigenvalue weighted by molar-refractivity contribution is 5.88. The summed E-state index contributed by atoms with van der Waals surface area (Å²) in [6, 6.07) is 12.3. The number of H-pyrrole nitrogens is 2. The van der Waals surface area contributed by atoms with Gasteiger partial charge in [0.05, 0.1) is 44.1 Å². The normalized spacial score (nSPS) is 20.1. The first-order chi connectivity index (χ1) is 23.0. The average Bonchev–Trinajstić information content (AvgIpc) is 3.61. The average molecular weight is 668 g/mol. The van der Waals surface area contributed by atoms with E-state index >= 15 is 0 Å². The Morgan fingerprint density at radius 2 is 1.58 bits per heavy atom. The van der Waals surface area contributed by atoms with Crippen LogP contribution in [-0.2, 0) is 19.2 Å². The van der Waals surface area contributed by atoms with Gasteiger partial charge in [-0.2, -0.15) is 0 Å². The molecule has 6 rings (SSSR count). The number of imidazole rings is 1. The minimum atomic E-state index is -2.44. The van der Waals surface area contributed by atoms with Crippen molar-refractivity contribution in [2.45, 2.75) is 69.6 Å². The smallest absolute Gasteiger partial charge is 0.275 e. The Balaban J connectivity index is 0.000000453. The third kappa shape index (κ3) is 9.08. The molecule has 2 aromatic carbocycles. The van der Waals surface area contributed by atoms with Gasteiger partial charge in [-0.3, -0.25) is 9.59 Å². The van der Waals surface area contributed by atoms with E-state index in [9.17, 15) is 29.4 Å². The van der Waals surface area contributed by atoms with Gasteiger partial charge in [0.1, 0.15) is 30.2 Å². The zero-order chi connectivity index (χ0) is 34.8. The van der Waals surface area contributed by atoms with Crippen LogP contribution in [0.1, 0.15) is 63.2 Å². The van der Waals surface area contributed by atoms with Gasteiger partial charge >= 0.3 is 0 Å². The summed E-state index contributed by atoms with van der Waals surface area (Å²) in [4.78, 5) is 53.1. The second-order valence-corrected chi connectivity index (χ2v) is 12.5. The lowest BCUT2D eigenvalue weighted by atomic mass is 9.71. The van der Waals surface area contributed by atoms with Crippen LogP contribution < -0.4 is 35.5 Å². The van der Waals surface area contributed by atoms with Crippen LogP contribution in [0, 0.1) is 5.41 Å². The number of unbranched alkanes of at least 4 members (excludes halogenated alkanes) is 2. The number of aliphatic hydroxyl groups excluding tert-OH is 2. The first-order valence-corrected chi connectivity index (χ1v) is 16.3. The fourth-order valence-electron chi connectivity index (χ4n) is 6.36. The molecule has 3 saturated heterocycles. The number of carboxylic acid groups (broad SMARTS) is 2. The standard InChI is InChI=1S/C30H39N5O3.C4H6O6/c1-31-27(36)7-5-3-4-6-25(34-29(37)30-12-15-35(16-13-30)17-14-30)28-32-20-26(33-28)23-9-8-22-19-24(38-2)11-10-21(22)18-23;5-1(3(7)8)2(6)4(9)10/h8-11,18-20,25H,3-7,12-17H2,1-2H3,(H,31,36)(H,32,33)(H,34,37);1-2,5-6H,(H,7,8)(H,9,10)/t25-;1-,2-/m01/s1. The van der Waals surface area contributed by atoms with Crippen molar-refractivity contribution in [3.05, 3.63) is 48.4 Å². The minimum Gasteiger partial charge on any atom is -0.547 e. The molecule has 3 atom stereocenters. The van der Waals surface area contributed by atoms with Crippen LogP contribution in [0.5, 0.6) is 5.75 Å². The van der Waals surface area contributed by atoms with Gasteiger partial charge in [0, 0.05) is 38.3 Å². The Kier molecular flexibility index (Phi) is 12.5. The molecule has 1 aromatic heterocycles. The van der Waals surface area contributed by atoms with E-state index in [4.69, 9.17) is 14.9 Å². The summed E-state index contributed by atoms with van der Waals surface area (Å²) in [5.41, 5.74) is 1.86. The van der Waals surface area contributed by atoms with Crippen LogP contribution >= 0.6 is 0 Å². The number of benzene rings is 2. The van der Waals surface area contributed by atoms with Crippen molar-refractivity contribution in [3.63, 3.8) is 0 Å². The molecule has 2 bridgehead atoms. The van der Waals surface area contributed by atoms with E-state index in [1.54, 1.807) is 19.1 Å². The predicted octanol–water partition coefficient (Wildman–Crippen LogP) is -2.21. The zero-order valence-electron chi connectivity index (χ0n) is 27.3. The molecule has 14 heteroatoms.